The molecule has 30 heavy (non-hydrogen) atoms. The third-order valence-corrected chi connectivity index (χ3v) is 5.46. The van der Waals surface area contributed by atoms with Crippen LogP contribution in [0.15, 0.2) is 48.5 Å². The lowest BCUT2D eigenvalue weighted by molar-refractivity contribution is -0.136. The van der Waals surface area contributed by atoms with E-state index in [0.717, 1.165) is 10.5 Å². The molecule has 0 spiro atoms. The molecule has 4 rings (SSSR count). The van der Waals surface area contributed by atoms with E-state index in [1.54, 1.807) is 18.2 Å². The molecule has 0 saturated carbocycles. The third kappa shape index (κ3) is 3.62. The molecular weight excluding hydrogens is 384 g/mol. The van der Waals surface area contributed by atoms with Crippen molar-refractivity contribution in [3.63, 3.8) is 0 Å². The highest BCUT2D eigenvalue weighted by atomic mass is 16.2. The summed E-state index contributed by atoms with van der Waals surface area (Å²) in [6, 6.07) is 13.6. The average molecular weight is 406 g/mol. The van der Waals surface area contributed by atoms with E-state index in [1.165, 1.54) is 0 Å². The summed E-state index contributed by atoms with van der Waals surface area (Å²) in [5.74, 6) is -2.02. The molecule has 2 atom stereocenters. The lowest BCUT2D eigenvalue weighted by atomic mass is 10.0. The smallest absolute Gasteiger partial charge is 0.262 e. The van der Waals surface area contributed by atoms with Crippen LogP contribution in [0.3, 0.4) is 0 Å². The predicted octanol–water partition coefficient (Wildman–Crippen LogP) is 0.877. The number of carbonyl (C=O) groups excluding carboxylic acids is 4. The van der Waals surface area contributed by atoms with Crippen molar-refractivity contribution in [1.29, 1.82) is 0 Å². The Kier molecular flexibility index (Phi) is 5.43. The van der Waals surface area contributed by atoms with Crippen molar-refractivity contribution in [3.05, 3.63) is 70.8 Å². The van der Waals surface area contributed by atoms with E-state index in [2.05, 4.69) is 10.6 Å². The maximum absolute atomic E-state index is 13.1. The molecule has 1 fully saturated rings. The second-order valence-corrected chi connectivity index (χ2v) is 7.43. The molecule has 4 amide bonds. The lowest BCUT2D eigenvalue weighted by Gasteiger charge is -2.27. The molecule has 0 radical (unpaired) electrons. The number of benzene rings is 2. The van der Waals surface area contributed by atoms with Gasteiger partial charge in [-0.25, -0.2) is 0 Å². The maximum Gasteiger partial charge on any atom is 0.262 e. The van der Waals surface area contributed by atoms with E-state index in [9.17, 15) is 19.2 Å². The third-order valence-electron chi connectivity index (χ3n) is 5.46. The standard InChI is InChI=1S/C22H22N4O4/c23-16(13-5-2-1-3-6-13)12-24-11-14-7-4-8-15-19(14)22(30)26(21(15)29)17-9-10-18(27)25-20(17)28/h1-8,16-17,24H,9-12,23H2,(H,25,27,28)/t16-,17?/m1/s1. The van der Waals surface area contributed by atoms with Crippen LogP contribution in [0.5, 0.6) is 0 Å². The summed E-state index contributed by atoms with van der Waals surface area (Å²) >= 11 is 0. The van der Waals surface area contributed by atoms with E-state index in [4.69, 9.17) is 5.73 Å². The minimum absolute atomic E-state index is 0.0929. The normalized spacial score (nSPS) is 19.6. The van der Waals surface area contributed by atoms with Crippen molar-refractivity contribution in [1.82, 2.24) is 15.5 Å². The summed E-state index contributed by atoms with van der Waals surface area (Å²) in [6.07, 6.45) is 0.227. The zero-order valence-electron chi connectivity index (χ0n) is 16.3. The Hall–Kier alpha value is -3.36. The number of nitrogens with zero attached hydrogens (tertiary/aromatic N) is 1. The molecule has 2 heterocycles. The number of rotatable bonds is 6. The molecule has 8 heteroatoms. The van der Waals surface area contributed by atoms with Gasteiger partial charge in [0.05, 0.1) is 11.1 Å². The lowest BCUT2D eigenvalue weighted by Crippen LogP contribution is -2.54. The number of carbonyl (C=O) groups is 4. The number of imide groups is 2. The highest BCUT2D eigenvalue weighted by Crippen LogP contribution is 2.29. The highest BCUT2D eigenvalue weighted by Gasteiger charge is 2.45. The summed E-state index contributed by atoms with van der Waals surface area (Å²) in [7, 11) is 0. The van der Waals surface area contributed by atoms with E-state index in [1.807, 2.05) is 30.3 Å². The van der Waals surface area contributed by atoms with Gasteiger partial charge in [0.2, 0.25) is 11.8 Å². The number of hydrogen-bond donors (Lipinski definition) is 3. The van der Waals surface area contributed by atoms with E-state index in [0.29, 0.717) is 24.2 Å². The molecule has 2 aromatic rings. The number of piperidine rings is 1. The van der Waals surface area contributed by atoms with Crippen molar-refractivity contribution in [2.24, 2.45) is 5.73 Å². The molecule has 1 unspecified atom stereocenters. The van der Waals surface area contributed by atoms with Crippen LogP contribution in [0.25, 0.3) is 0 Å². The van der Waals surface area contributed by atoms with Crippen LogP contribution in [-0.2, 0) is 16.1 Å². The van der Waals surface area contributed by atoms with Gasteiger partial charge in [0, 0.05) is 25.6 Å². The largest absolute Gasteiger partial charge is 0.323 e. The van der Waals surface area contributed by atoms with Crippen molar-refractivity contribution >= 4 is 23.6 Å². The van der Waals surface area contributed by atoms with Crippen molar-refractivity contribution < 1.29 is 19.2 Å². The van der Waals surface area contributed by atoms with E-state index in [-0.39, 0.29) is 24.4 Å². The fourth-order valence-corrected chi connectivity index (χ4v) is 3.91. The van der Waals surface area contributed by atoms with Crippen LogP contribution in [0.4, 0.5) is 0 Å². The van der Waals surface area contributed by atoms with Gasteiger partial charge in [0.15, 0.2) is 0 Å². The fourth-order valence-electron chi connectivity index (χ4n) is 3.91. The van der Waals surface area contributed by atoms with Crippen molar-refractivity contribution in [2.45, 2.75) is 31.5 Å². The first-order chi connectivity index (χ1) is 14.5. The van der Waals surface area contributed by atoms with Crippen LogP contribution in [0.2, 0.25) is 0 Å². The first-order valence-electron chi connectivity index (χ1n) is 9.82. The molecule has 0 aromatic heterocycles. The molecule has 2 aliphatic heterocycles. The van der Waals surface area contributed by atoms with Gasteiger partial charge in [-0.1, -0.05) is 42.5 Å². The van der Waals surface area contributed by atoms with Crippen LogP contribution in [-0.4, -0.2) is 41.1 Å². The minimum atomic E-state index is -0.970. The molecule has 2 aromatic carbocycles. The van der Waals surface area contributed by atoms with Gasteiger partial charge in [-0.3, -0.25) is 29.4 Å². The van der Waals surface area contributed by atoms with Crippen LogP contribution in [0, 0.1) is 0 Å². The monoisotopic (exact) mass is 406 g/mol. The van der Waals surface area contributed by atoms with E-state index >= 15 is 0 Å². The quantitative estimate of drug-likeness (QED) is 0.612. The molecule has 2 aliphatic rings. The summed E-state index contributed by atoms with van der Waals surface area (Å²) in [5.41, 5.74) is 8.44. The Morgan fingerprint density at radius 2 is 1.80 bits per heavy atom. The first-order valence-corrected chi connectivity index (χ1v) is 9.82. The highest BCUT2D eigenvalue weighted by molar-refractivity contribution is 6.24. The van der Waals surface area contributed by atoms with Gasteiger partial charge in [-0.2, -0.15) is 0 Å². The zero-order valence-corrected chi connectivity index (χ0v) is 16.3. The number of fused-ring (bicyclic) bond motifs is 1. The first kappa shape index (κ1) is 19.9. The summed E-state index contributed by atoms with van der Waals surface area (Å²) in [4.78, 5) is 50.5. The molecule has 0 aliphatic carbocycles. The number of nitrogens with one attached hydrogen (secondary N) is 2. The van der Waals surface area contributed by atoms with E-state index < -0.39 is 29.7 Å². The molecule has 8 nitrogen and oxygen atoms in total. The summed E-state index contributed by atoms with van der Waals surface area (Å²) < 4.78 is 0. The van der Waals surface area contributed by atoms with Gasteiger partial charge in [0.1, 0.15) is 6.04 Å². The van der Waals surface area contributed by atoms with Crippen LogP contribution < -0.4 is 16.4 Å². The number of amides is 4. The Morgan fingerprint density at radius 1 is 1.03 bits per heavy atom. The maximum atomic E-state index is 13.1. The van der Waals surface area contributed by atoms with Gasteiger partial charge in [-0.15, -0.1) is 0 Å². The Morgan fingerprint density at radius 3 is 2.53 bits per heavy atom. The zero-order chi connectivity index (χ0) is 21.3. The SMILES string of the molecule is N[C@H](CNCc1cccc2c1C(=O)N(C1CCC(=O)NC1=O)C2=O)c1ccccc1. The Labute approximate surface area is 173 Å². The number of nitrogens with two attached hydrogens (primary N) is 1. The number of hydrogen-bond acceptors (Lipinski definition) is 6. The van der Waals surface area contributed by atoms with Gasteiger partial charge in [0.25, 0.3) is 11.8 Å². The topological polar surface area (TPSA) is 122 Å². The minimum Gasteiger partial charge on any atom is -0.323 e. The molecule has 0 bridgehead atoms. The van der Waals surface area contributed by atoms with Crippen LogP contribution in [0.1, 0.15) is 50.7 Å². The fraction of sp³-hybridized carbons (Fsp3) is 0.273. The summed E-state index contributed by atoms with van der Waals surface area (Å²) in [5, 5.41) is 5.44. The average Bonchev–Trinajstić information content (AvgIpc) is 3.00. The molecule has 4 N–H and O–H groups in total. The molecular formula is C22H22N4O4. The molecule has 154 valence electrons. The second-order valence-electron chi connectivity index (χ2n) is 7.43. The van der Waals surface area contributed by atoms with Gasteiger partial charge >= 0.3 is 0 Å². The van der Waals surface area contributed by atoms with Crippen molar-refractivity contribution in [3.8, 4) is 0 Å². The Bertz CT molecular complexity index is 1020. The van der Waals surface area contributed by atoms with Crippen molar-refractivity contribution in [2.75, 3.05) is 6.54 Å². The Balaban J connectivity index is 1.49. The predicted molar refractivity (Wildman–Crippen MR) is 108 cm³/mol. The van der Waals surface area contributed by atoms with Gasteiger partial charge < -0.3 is 11.1 Å². The van der Waals surface area contributed by atoms with Gasteiger partial charge in [-0.05, 0) is 23.6 Å². The summed E-state index contributed by atoms with van der Waals surface area (Å²) in [6.45, 7) is 0.846. The second kappa shape index (κ2) is 8.17. The van der Waals surface area contributed by atoms with Crippen LogP contribution >= 0.6 is 0 Å². The molecule has 1 saturated heterocycles.